The minimum Gasteiger partial charge on any atom is -0.376 e. The molecular weight excluding hydrogens is 229 g/mol. The van der Waals surface area contributed by atoms with Gasteiger partial charge in [0, 0.05) is 6.61 Å². The number of aryl methyl sites for hydroxylation is 1. The molecule has 2 atom stereocenters. The maximum absolute atomic E-state index is 13.6. The maximum atomic E-state index is 13.6. The lowest BCUT2D eigenvalue weighted by atomic mass is 9.82. The van der Waals surface area contributed by atoms with Crippen molar-refractivity contribution in [2.75, 3.05) is 6.61 Å². The Morgan fingerprint density at radius 2 is 1.94 bits per heavy atom. The summed E-state index contributed by atoms with van der Waals surface area (Å²) in [5, 5.41) is 0. The van der Waals surface area contributed by atoms with Crippen LogP contribution in [0.4, 0.5) is 4.39 Å². The highest BCUT2D eigenvalue weighted by molar-refractivity contribution is 5.26. The third-order valence-electron chi connectivity index (χ3n) is 3.11. The van der Waals surface area contributed by atoms with E-state index in [1.54, 1.807) is 13.0 Å². The molecule has 0 spiro atoms. The number of halogens is 1. The number of nitrogens with two attached hydrogens (primary N) is 1. The molecule has 0 fully saturated rings. The molecule has 0 bridgehead atoms. The van der Waals surface area contributed by atoms with Gasteiger partial charge in [0.2, 0.25) is 0 Å². The van der Waals surface area contributed by atoms with Gasteiger partial charge in [0.15, 0.2) is 0 Å². The van der Waals surface area contributed by atoms with Crippen molar-refractivity contribution in [3.8, 4) is 0 Å². The van der Waals surface area contributed by atoms with E-state index in [0.29, 0.717) is 12.2 Å². The summed E-state index contributed by atoms with van der Waals surface area (Å²) >= 11 is 0. The average Bonchev–Trinajstić information content (AvgIpc) is 2.27. The van der Waals surface area contributed by atoms with Crippen molar-refractivity contribution in [3.05, 3.63) is 35.1 Å². The Balaban J connectivity index is 3.01. The predicted octanol–water partition coefficient (Wildman–Crippen LogP) is 3.59. The highest BCUT2D eigenvalue weighted by Crippen LogP contribution is 2.31. The molecule has 1 aromatic carbocycles. The molecule has 2 unspecified atom stereocenters. The summed E-state index contributed by atoms with van der Waals surface area (Å²) in [6.45, 7) is 10.5. The zero-order valence-corrected chi connectivity index (χ0v) is 12.0. The third-order valence-corrected chi connectivity index (χ3v) is 3.11. The van der Waals surface area contributed by atoms with Crippen molar-refractivity contribution >= 4 is 0 Å². The number of benzene rings is 1. The SMILES string of the molecule is CCOC(C(N)c1ccc(C)c(F)c1)C(C)(C)C. The maximum Gasteiger partial charge on any atom is 0.126 e. The van der Waals surface area contributed by atoms with Crippen LogP contribution in [0.3, 0.4) is 0 Å². The first-order valence-electron chi connectivity index (χ1n) is 6.40. The van der Waals surface area contributed by atoms with Crippen LogP contribution in [0.5, 0.6) is 0 Å². The molecule has 0 aliphatic carbocycles. The average molecular weight is 253 g/mol. The van der Waals surface area contributed by atoms with Gasteiger partial charge in [0.05, 0.1) is 12.1 Å². The Morgan fingerprint density at radius 1 is 1.33 bits per heavy atom. The molecule has 2 nitrogen and oxygen atoms in total. The Kier molecular flexibility index (Phi) is 4.88. The molecule has 0 saturated carbocycles. The van der Waals surface area contributed by atoms with E-state index in [2.05, 4.69) is 20.8 Å². The Morgan fingerprint density at radius 3 is 2.39 bits per heavy atom. The van der Waals surface area contributed by atoms with Gasteiger partial charge in [-0.25, -0.2) is 4.39 Å². The van der Waals surface area contributed by atoms with Crippen LogP contribution in [0.2, 0.25) is 0 Å². The van der Waals surface area contributed by atoms with Crippen LogP contribution in [0.25, 0.3) is 0 Å². The molecule has 0 aliphatic heterocycles. The Bertz CT molecular complexity index is 398. The monoisotopic (exact) mass is 253 g/mol. The van der Waals surface area contributed by atoms with Crippen LogP contribution < -0.4 is 5.73 Å². The van der Waals surface area contributed by atoms with Gasteiger partial charge >= 0.3 is 0 Å². The van der Waals surface area contributed by atoms with E-state index < -0.39 is 0 Å². The molecule has 0 radical (unpaired) electrons. The van der Waals surface area contributed by atoms with Gasteiger partial charge in [-0.3, -0.25) is 0 Å². The summed E-state index contributed by atoms with van der Waals surface area (Å²) < 4.78 is 19.3. The van der Waals surface area contributed by atoms with Crippen LogP contribution >= 0.6 is 0 Å². The molecule has 1 aromatic rings. The smallest absolute Gasteiger partial charge is 0.126 e. The highest BCUT2D eigenvalue weighted by atomic mass is 19.1. The summed E-state index contributed by atoms with van der Waals surface area (Å²) in [7, 11) is 0. The molecule has 0 aliphatic rings. The van der Waals surface area contributed by atoms with Crippen molar-refractivity contribution in [1.29, 1.82) is 0 Å². The summed E-state index contributed by atoms with van der Waals surface area (Å²) in [6, 6.07) is 4.83. The number of ether oxygens (including phenoxy) is 1. The van der Waals surface area contributed by atoms with Gasteiger partial charge < -0.3 is 10.5 Å². The molecule has 1 rings (SSSR count). The second-order valence-corrected chi connectivity index (χ2v) is 5.78. The predicted molar refractivity (Wildman–Crippen MR) is 72.9 cm³/mol. The van der Waals surface area contributed by atoms with Crippen LogP contribution in [-0.2, 0) is 4.74 Å². The van der Waals surface area contributed by atoms with E-state index in [1.807, 2.05) is 13.0 Å². The molecule has 0 heterocycles. The van der Waals surface area contributed by atoms with Gasteiger partial charge in [-0.15, -0.1) is 0 Å². The van der Waals surface area contributed by atoms with Crippen LogP contribution in [0.1, 0.15) is 44.9 Å². The molecule has 102 valence electrons. The molecular formula is C15H24FNO. The minimum atomic E-state index is -0.319. The first kappa shape index (κ1) is 15.1. The van der Waals surface area contributed by atoms with E-state index in [9.17, 15) is 4.39 Å². The van der Waals surface area contributed by atoms with E-state index in [4.69, 9.17) is 10.5 Å². The molecule has 18 heavy (non-hydrogen) atoms. The molecule has 2 N–H and O–H groups in total. The highest BCUT2D eigenvalue weighted by Gasteiger charge is 2.31. The first-order valence-corrected chi connectivity index (χ1v) is 6.40. The van der Waals surface area contributed by atoms with E-state index in [-0.39, 0.29) is 23.4 Å². The zero-order chi connectivity index (χ0) is 13.9. The van der Waals surface area contributed by atoms with Crippen LogP contribution in [-0.4, -0.2) is 12.7 Å². The Hall–Kier alpha value is -0.930. The first-order chi connectivity index (χ1) is 8.27. The molecule has 0 aromatic heterocycles. The zero-order valence-electron chi connectivity index (χ0n) is 12.0. The largest absolute Gasteiger partial charge is 0.376 e. The summed E-state index contributed by atoms with van der Waals surface area (Å²) in [6.07, 6.45) is -0.135. The third kappa shape index (κ3) is 3.53. The number of rotatable bonds is 4. The van der Waals surface area contributed by atoms with Crippen molar-refractivity contribution in [1.82, 2.24) is 0 Å². The van der Waals surface area contributed by atoms with Gasteiger partial charge in [-0.1, -0.05) is 32.9 Å². The second kappa shape index (κ2) is 5.81. The number of hydrogen-bond acceptors (Lipinski definition) is 2. The molecule has 0 amide bonds. The molecule has 3 heteroatoms. The standard InChI is InChI=1S/C15H24FNO/c1-6-18-14(15(3,4)5)13(17)11-8-7-10(2)12(16)9-11/h7-9,13-14H,6,17H2,1-5H3. The van der Waals surface area contributed by atoms with Crippen LogP contribution in [0.15, 0.2) is 18.2 Å². The van der Waals surface area contributed by atoms with E-state index in [0.717, 1.165) is 5.56 Å². The van der Waals surface area contributed by atoms with E-state index in [1.165, 1.54) is 6.07 Å². The lowest BCUT2D eigenvalue weighted by molar-refractivity contribution is -0.0283. The van der Waals surface area contributed by atoms with Gasteiger partial charge in [0.25, 0.3) is 0 Å². The van der Waals surface area contributed by atoms with Gasteiger partial charge in [-0.05, 0) is 36.5 Å². The number of hydrogen-bond donors (Lipinski definition) is 1. The fraction of sp³-hybridized carbons (Fsp3) is 0.600. The normalized spacial score (nSPS) is 15.5. The van der Waals surface area contributed by atoms with Crippen molar-refractivity contribution < 1.29 is 9.13 Å². The van der Waals surface area contributed by atoms with Crippen molar-refractivity contribution in [3.63, 3.8) is 0 Å². The summed E-state index contributed by atoms with van der Waals surface area (Å²) in [5.74, 6) is -0.216. The van der Waals surface area contributed by atoms with E-state index >= 15 is 0 Å². The summed E-state index contributed by atoms with van der Waals surface area (Å²) in [5.41, 5.74) is 7.57. The second-order valence-electron chi connectivity index (χ2n) is 5.78. The topological polar surface area (TPSA) is 35.2 Å². The van der Waals surface area contributed by atoms with Gasteiger partial charge in [0.1, 0.15) is 5.82 Å². The minimum absolute atomic E-state index is 0.0865. The lowest BCUT2D eigenvalue weighted by Gasteiger charge is -2.35. The van der Waals surface area contributed by atoms with Gasteiger partial charge in [-0.2, -0.15) is 0 Å². The van der Waals surface area contributed by atoms with Crippen molar-refractivity contribution in [2.24, 2.45) is 11.1 Å². The fourth-order valence-electron chi connectivity index (χ4n) is 2.06. The summed E-state index contributed by atoms with van der Waals surface area (Å²) in [4.78, 5) is 0. The quantitative estimate of drug-likeness (QED) is 0.890. The lowest BCUT2D eigenvalue weighted by Crippen LogP contribution is -2.39. The Labute approximate surface area is 109 Å². The van der Waals surface area contributed by atoms with Crippen molar-refractivity contribution in [2.45, 2.75) is 46.8 Å². The molecule has 0 saturated heterocycles. The fourth-order valence-corrected chi connectivity index (χ4v) is 2.06. The van der Waals surface area contributed by atoms with Crippen LogP contribution in [0, 0.1) is 18.2 Å².